The predicted octanol–water partition coefficient (Wildman–Crippen LogP) is 5.73. The van der Waals surface area contributed by atoms with Crippen molar-refractivity contribution in [3.8, 4) is 0 Å². The molecule has 0 aromatic rings. The van der Waals surface area contributed by atoms with Crippen LogP contribution in [0.3, 0.4) is 0 Å². The SMILES string of the molecule is COC(=O)[C@]12CCC(C)(C)C[C@H]1[C@@]1(C=C[C@]3(O1)C(C)=CC[C@H]1C(C)(C)[C@@H](O)CC[C@@]13C)[C@@](C)(O)CC2. The van der Waals surface area contributed by atoms with Gasteiger partial charge in [-0.15, -0.1) is 0 Å². The molecule has 5 nitrogen and oxygen atoms in total. The van der Waals surface area contributed by atoms with Crippen LogP contribution in [0.5, 0.6) is 0 Å². The van der Waals surface area contributed by atoms with Gasteiger partial charge in [-0.25, -0.2) is 0 Å². The minimum Gasteiger partial charge on any atom is -0.469 e. The summed E-state index contributed by atoms with van der Waals surface area (Å²) in [6, 6.07) is 0. The topological polar surface area (TPSA) is 76.0 Å². The molecule has 0 bridgehead atoms. The molecule has 3 fully saturated rings. The Kier molecular flexibility index (Phi) is 5.65. The molecule has 5 rings (SSSR count). The monoisotopic (exact) mass is 500 g/mol. The van der Waals surface area contributed by atoms with E-state index in [0.717, 1.165) is 38.5 Å². The molecule has 8 atom stereocenters. The summed E-state index contributed by atoms with van der Waals surface area (Å²) in [7, 11) is 1.50. The summed E-state index contributed by atoms with van der Waals surface area (Å²) >= 11 is 0. The van der Waals surface area contributed by atoms with Gasteiger partial charge in [-0.2, -0.15) is 0 Å². The van der Waals surface area contributed by atoms with Gasteiger partial charge >= 0.3 is 5.97 Å². The average molecular weight is 501 g/mol. The zero-order valence-electron chi connectivity index (χ0n) is 23.7. The van der Waals surface area contributed by atoms with Crippen molar-refractivity contribution < 1.29 is 24.5 Å². The van der Waals surface area contributed by atoms with Crippen LogP contribution in [-0.2, 0) is 14.3 Å². The van der Waals surface area contributed by atoms with Crippen molar-refractivity contribution in [1.29, 1.82) is 0 Å². The van der Waals surface area contributed by atoms with E-state index in [-0.39, 0.29) is 40.2 Å². The summed E-state index contributed by atoms with van der Waals surface area (Å²) in [5.41, 5.74) is -2.71. The number of allylic oxidation sites excluding steroid dienone is 1. The van der Waals surface area contributed by atoms with Gasteiger partial charge < -0.3 is 19.7 Å². The lowest BCUT2D eigenvalue weighted by molar-refractivity contribution is -0.288. The molecule has 0 aromatic carbocycles. The molecule has 0 amide bonds. The van der Waals surface area contributed by atoms with Gasteiger partial charge in [0.1, 0.15) is 11.2 Å². The van der Waals surface area contributed by atoms with Gasteiger partial charge in [-0.05, 0) is 93.6 Å². The number of rotatable bonds is 1. The van der Waals surface area contributed by atoms with Crippen molar-refractivity contribution in [2.24, 2.45) is 33.5 Å². The van der Waals surface area contributed by atoms with Crippen molar-refractivity contribution in [3.63, 3.8) is 0 Å². The second-order valence-electron chi connectivity index (χ2n) is 14.8. The van der Waals surface area contributed by atoms with E-state index in [1.165, 1.54) is 12.7 Å². The molecule has 1 heterocycles. The highest BCUT2D eigenvalue weighted by molar-refractivity contribution is 5.78. The number of ether oxygens (including phenoxy) is 2. The molecule has 3 saturated carbocycles. The molecule has 36 heavy (non-hydrogen) atoms. The van der Waals surface area contributed by atoms with E-state index < -0.39 is 22.2 Å². The van der Waals surface area contributed by atoms with E-state index in [9.17, 15) is 15.0 Å². The number of hydrogen-bond acceptors (Lipinski definition) is 5. The van der Waals surface area contributed by atoms with Crippen LogP contribution in [0.1, 0.15) is 99.8 Å². The fourth-order valence-electron chi connectivity index (χ4n) is 9.55. The number of aliphatic hydroxyl groups is 2. The van der Waals surface area contributed by atoms with Crippen LogP contribution >= 0.6 is 0 Å². The average Bonchev–Trinajstić information content (AvgIpc) is 3.22. The van der Waals surface area contributed by atoms with Crippen LogP contribution in [0.4, 0.5) is 0 Å². The zero-order chi connectivity index (χ0) is 26.6. The molecule has 2 N–H and O–H groups in total. The Hall–Kier alpha value is -1.17. The summed E-state index contributed by atoms with van der Waals surface area (Å²) in [4.78, 5) is 13.5. The molecule has 2 spiro atoms. The molecular weight excluding hydrogens is 452 g/mol. The first-order valence-corrected chi connectivity index (χ1v) is 14.1. The third kappa shape index (κ3) is 3.09. The van der Waals surface area contributed by atoms with E-state index in [1.54, 1.807) is 0 Å². The molecule has 1 aliphatic heterocycles. The van der Waals surface area contributed by atoms with E-state index in [4.69, 9.17) is 9.47 Å². The van der Waals surface area contributed by atoms with Gasteiger partial charge in [0.05, 0.1) is 24.2 Å². The van der Waals surface area contributed by atoms with Gasteiger partial charge in [-0.3, -0.25) is 4.79 Å². The first-order chi connectivity index (χ1) is 16.5. The quantitative estimate of drug-likeness (QED) is 0.355. The highest BCUT2D eigenvalue weighted by atomic mass is 16.5. The van der Waals surface area contributed by atoms with Crippen LogP contribution in [0.2, 0.25) is 0 Å². The first-order valence-electron chi connectivity index (χ1n) is 14.1. The van der Waals surface area contributed by atoms with Gasteiger partial charge in [0.2, 0.25) is 0 Å². The van der Waals surface area contributed by atoms with Crippen LogP contribution in [0.25, 0.3) is 0 Å². The van der Waals surface area contributed by atoms with Crippen molar-refractivity contribution in [1.82, 2.24) is 0 Å². The van der Waals surface area contributed by atoms with Crippen LogP contribution < -0.4 is 0 Å². The van der Waals surface area contributed by atoms with Crippen LogP contribution in [0.15, 0.2) is 23.8 Å². The van der Waals surface area contributed by atoms with E-state index >= 15 is 0 Å². The molecule has 0 saturated heterocycles. The number of aliphatic hydroxyl groups excluding tert-OH is 1. The van der Waals surface area contributed by atoms with Crippen molar-refractivity contribution in [2.45, 2.75) is 123 Å². The Morgan fingerprint density at radius 2 is 1.67 bits per heavy atom. The third-order valence-electron chi connectivity index (χ3n) is 12.1. The summed E-state index contributed by atoms with van der Waals surface area (Å²) in [5.74, 6) is -0.101. The van der Waals surface area contributed by atoms with Crippen LogP contribution in [0, 0.1) is 33.5 Å². The third-order valence-corrected chi connectivity index (χ3v) is 12.1. The van der Waals surface area contributed by atoms with Crippen molar-refractivity contribution in [2.75, 3.05) is 7.11 Å². The Bertz CT molecular complexity index is 1000. The maximum Gasteiger partial charge on any atom is 0.312 e. The fraction of sp³-hybridized carbons (Fsp3) is 0.839. The molecule has 5 aliphatic rings. The molecule has 202 valence electrons. The minimum atomic E-state index is -1.12. The Labute approximate surface area is 217 Å². The van der Waals surface area contributed by atoms with Crippen molar-refractivity contribution in [3.05, 3.63) is 23.8 Å². The second kappa shape index (κ2) is 7.70. The number of esters is 1. The Balaban J connectivity index is 1.67. The van der Waals surface area contributed by atoms with Gasteiger partial charge in [0.15, 0.2) is 0 Å². The maximum absolute atomic E-state index is 13.5. The Morgan fingerprint density at radius 3 is 2.33 bits per heavy atom. The maximum atomic E-state index is 13.5. The number of fused-ring (bicyclic) bond motifs is 4. The van der Waals surface area contributed by atoms with E-state index in [1.807, 2.05) is 6.92 Å². The smallest absolute Gasteiger partial charge is 0.312 e. The van der Waals surface area contributed by atoms with Crippen LogP contribution in [-0.4, -0.2) is 46.2 Å². The van der Waals surface area contributed by atoms with Gasteiger partial charge in [0, 0.05) is 11.3 Å². The summed E-state index contributed by atoms with van der Waals surface area (Å²) < 4.78 is 13.0. The standard InChI is InChI=1S/C31H48O5/c1-20-9-10-21-26(4,5)23(32)11-12-27(21,6)30(20)17-18-31(36-30)22-19-25(2,3)13-15-29(22,24(33)35-8)16-14-28(31,7)34/h9,17-18,21-23,32,34H,10-16,19H2,1-8H3/t21-,22+,23-,27-,28-,29-,30-,31-/m0/s1. The Morgan fingerprint density at radius 1 is 1.00 bits per heavy atom. The molecule has 0 aromatic heterocycles. The molecule has 4 aliphatic carbocycles. The largest absolute Gasteiger partial charge is 0.469 e. The van der Waals surface area contributed by atoms with Gasteiger partial charge in [-0.1, -0.05) is 46.8 Å². The lowest BCUT2D eigenvalue weighted by atomic mass is 9.46. The summed E-state index contributed by atoms with van der Waals surface area (Å²) in [5, 5.41) is 23.1. The van der Waals surface area contributed by atoms with E-state index in [2.05, 4.69) is 59.8 Å². The number of carbonyl (C=O) groups is 1. The van der Waals surface area contributed by atoms with E-state index in [0.29, 0.717) is 12.8 Å². The number of hydrogen-bond donors (Lipinski definition) is 2. The summed E-state index contributed by atoms with van der Waals surface area (Å²) in [6.07, 6.45) is 12.5. The highest BCUT2D eigenvalue weighted by Gasteiger charge is 2.73. The number of methoxy groups -OCH3 is 1. The fourth-order valence-corrected chi connectivity index (χ4v) is 9.55. The normalized spacial score (nSPS) is 50.9. The molecule has 0 unspecified atom stereocenters. The second-order valence-corrected chi connectivity index (χ2v) is 14.8. The molecule has 5 heteroatoms. The lowest BCUT2D eigenvalue weighted by Crippen LogP contribution is -2.71. The lowest BCUT2D eigenvalue weighted by Gasteiger charge is -2.65. The molecule has 0 radical (unpaired) electrons. The van der Waals surface area contributed by atoms with Gasteiger partial charge in [0.25, 0.3) is 0 Å². The summed E-state index contributed by atoms with van der Waals surface area (Å²) in [6.45, 7) is 15.3. The minimum absolute atomic E-state index is 0.0381. The highest BCUT2D eigenvalue weighted by Crippen LogP contribution is 2.70. The number of carbonyl (C=O) groups excluding carboxylic acids is 1. The van der Waals surface area contributed by atoms with Crippen molar-refractivity contribution >= 4 is 5.97 Å². The first kappa shape index (κ1) is 26.4. The molecular formula is C31H48O5. The predicted molar refractivity (Wildman–Crippen MR) is 140 cm³/mol. The zero-order valence-corrected chi connectivity index (χ0v) is 23.7.